The average Bonchev–Trinajstić information content (AvgIpc) is 2.29. The van der Waals surface area contributed by atoms with Crippen molar-refractivity contribution in [1.82, 2.24) is 9.97 Å². The van der Waals surface area contributed by atoms with Crippen molar-refractivity contribution in [3.63, 3.8) is 0 Å². The molecule has 2 rings (SSSR count). The molecule has 1 aliphatic carbocycles. The van der Waals surface area contributed by atoms with Crippen LogP contribution in [-0.4, -0.2) is 16.1 Å². The van der Waals surface area contributed by atoms with Crippen molar-refractivity contribution in [2.24, 2.45) is 11.7 Å². The minimum atomic E-state index is 0.275. The van der Waals surface area contributed by atoms with Crippen LogP contribution in [0.25, 0.3) is 0 Å². The summed E-state index contributed by atoms with van der Waals surface area (Å²) < 4.78 is 5.79. The summed E-state index contributed by atoms with van der Waals surface area (Å²) in [6, 6.07) is 2.29. The summed E-state index contributed by atoms with van der Waals surface area (Å²) in [5.74, 6) is 0.747. The highest BCUT2D eigenvalue weighted by Crippen LogP contribution is 2.26. The summed E-state index contributed by atoms with van der Waals surface area (Å²) in [4.78, 5) is 8.37. The molecule has 0 aliphatic heterocycles. The van der Waals surface area contributed by atoms with Crippen LogP contribution in [-0.2, 0) is 6.54 Å². The predicted octanol–water partition coefficient (Wildman–Crippen LogP) is 1.89. The summed E-state index contributed by atoms with van der Waals surface area (Å²) in [7, 11) is 0. The predicted molar refractivity (Wildman–Crippen MR) is 62.0 cm³/mol. The second-order valence-corrected chi connectivity index (χ2v) is 4.55. The molecule has 4 heteroatoms. The van der Waals surface area contributed by atoms with Crippen molar-refractivity contribution >= 4 is 0 Å². The summed E-state index contributed by atoms with van der Waals surface area (Å²) in [5.41, 5.74) is 6.36. The number of nitrogens with two attached hydrogens (primary N) is 1. The summed E-state index contributed by atoms with van der Waals surface area (Å²) in [5, 5.41) is 0. The Bertz CT molecular complexity index is 343. The van der Waals surface area contributed by atoms with Gasteiger partial charge in [-0.25, -0.2) is 4.98 Å². The molecule has 16 heavy (non-hydrogen) atoms. The van der Waals surface area contributed by atoms with E-state index in [4.69, 9.17) is 10.5 Å². The third-order valence-electron chi connectivity index (χ3n) is 3.06. The number of ether oxygens (including phenoxy) is 1. The summed E-state index contributed by atoms with van der Waals surface area (Å²) >= 11 is 0. The number of hydrogen-bond donors (Lipinski definition) is 1. The first kappa shape index (κ1) is 11.3. The SMILES string of the molecule is CC1CCCC(Oc2nccc(CN)n2)C1. The molecule has 1 heterocycles. The van der Waals surface area contributed by atoms with Crippen LogP contribution >= 0.6 is 0 Å². The van der Waals surface area contributed by atoms with Gasteiger partial charge in [0.1, 0.15) is 6.10 Å². The molecule has 2 atom stereocenters. The number of nitrogens with zero attached hydrogens (tertiary/aromatic N) is 2. The van der Waals surface area contributed by atoms with Crippen LogP contribution < -0.4 is 10.5 Å². The van der Waals surface area contributed by atoms with E-state index in [1.165, 1.54) is 12.8 Å². The van der Waals surface area contributed by atoms with Crippen LogP contribution in [0.3, 0.4) is 0 Å². The first-order valence-corrected chi connectivity index (χ1v) is 5.96. The molecular formula is C12H19N3O. The van der Waals surface area contributed by atoms with Gasteiger partial charge < -0.3 is 10.5 Å². The topological polar surface area (TPSA) is 61.0 Å². The van der Waals surface area contributed by atoms with Crippen LogP contribution in [0.1, 0.15) is 38.3 Å². The lowest BCUT2D eigenvalue weighted by Crippen LogP contribution is -2.25. The molecule has 4 nitrogen and oxygen atoms in total. The average molecular weight is 221 g/mol. The zero-order chi connectivity index (χ0) is 11.4. The van der Waals surface area contributed by atoms with Gasteiger partial charge in [0.25, 0.3) is 0 Å². The van der Waals surface area contributed by atoms with Crippen molar-refractivity contribution in [3.8, 4) is 6.01 Å². The second-order valence-electron chi connectivity index (χ2n) is 4.55. The molecule has 0 radical (unpaired) electrons. The molecule has 2 unspecified atom stereocenters. The van der Waals surface area contributed by atoms with Gasteiger partial charge in [-0.2, -0.15) is 4.98 Å². The number of aromatic nitrogens is 2. The van der Waals surface area contributed by atoms with E-state index in [1.807, 2.05) is 6.07 Å². The zero-order valence-electron chi connectivity index (χ0n) is 9.72. The molecule has 1 saturated carbocycles. The Morgan fingerprint density at radius 1 is 1.50 bits per heavy atom. The Labute approximate surface area is 96.2 Å². The Morgan fingerprint density at radius 3 is 3.12 bits per heavy atom. The highest BCUT2D eigenvalue weighted by atomic mass is 16.5. The van der Waals surface area contributed by atoms with Crippen LogP contribution in [0, 0.1) is 5.92 Å². The van der Waals surface area contributed by atoms with E-state index >= 15 is 0 Å². The molecule has 1 aromatic rings. The fourth-order valence-electron chi connectivity index (χ4n) is 2.18. The van der Waals surface area contributed by atoms with Gasteiger partial charge in [-0.15, -0.1) is 0 Å². The van der Waals surface area contributed by atoms with Gasteiger partial charge in [0.2, 0.25) is 0 Å². The van der Waals surface area contributed by atoms with Gasteiger partial charge in [0.15, 0.2) is 0 Å². The van der Waals surface area contributed by atoms with Crippen LogP contribution in [0.4, 0.5) is 0 Å². The van der Waals surface area contributed by atoms with Crippen molar-refractivity contribution in [3.05, 3.63) is 18.0 Å². The maximum Gasteiger partial charge on any atom is 0.316 e. The summed E-state index contributed by atoms with van der Waals surface area (Å²) in [6.45, 7) is 2.70. The van der Waals surface area contributed by atoms with Gasteiger partial charge in [0, 0.05) is 12.7 Å². The van der Waals surface area contributed by atoms with Gasteiger partial charge in [-0.05, 0) is 31.2 Å². The Morgan fingerprint density at radius 2 is 2.38 bits per heavy atom. The lowest BCUT2D eigenvalue weighted by Gasteiger charge is -2.26. The van der Waals surface area contributed by atoms with Crippen LogP contribution in [0.15, 0.2) is 12.3 Å². The van der Waals surface area contributed by atoms with E-state index in [1.54, 1.807) is 6.20 Å². The Kier molecular flexibility index (Phi) is 3.72. The van der Waals surface area contributed by atoms with E-state index in [0.717, 1.165) is 24.5 Å². The monoisotopic (exact) mass is 221 g/mol. The Hall–Kier alpha value is -1.16. The minimum absolute atomic E-state index is 0.275. The molecule has 1 fully saturated rings. The molecule has 0 amide bonds. The van der Waals surface area contributed by atoms with Crippen LogP contribution in [0.2, 0.25) is 0 Å². The first-order chi connectivity index (χ1) is 7.78. The smallest absolute Gasteiger partial charge is 0.316 e. The van der Waals surface area contributed by atoms with Gasteiger partial charge in [-0.1, -0.05) is 13.3 Å². The van der Waals surface area contributed by atoms with Crippen molar-refractivity contribution < 1.29 is 4.74 Å². The van der Waals surface area contributed by atoms with E-state index < -0.39 is 0 Å². The third kappa shape index (κ3) is 2.92. The van der Waals surface area contributed by atoms with E-state index in [0.29, 0.717) is 12.6 Å². The highest BCUT2D eigenvalue weighted by Gasteiger charge is 2.20. The van der Waals surface area contributed by atoms with Gasteiger partial charge >= 0.3 is 6.01 Å². The van der Waals surface area contributed by atoms with Crippen molar-refractivity contribution in [1.29, 1.82) is 0 Å². The maximum atomic E-state index is 5.79. The third-order valence-corrected chi connectivity index (χ3v) is 3.06. The van der Waals surface area contributed by atoms with Crippen molar-refractivity contribution in [2.45, 2.75) is 45.3 Å². The zero-order valence-corrected chi connectivity index (χ0v) is 9.72. The molecule has 1 aromatic heterocycles. The molecule has 0 bridgehead atoms. The molecular weight excluding hydrogens is 202 g/mol. The van der Waals surface area contributed by atoms with Crippen molar-refractivity contribution in [2.75, 3.05) is 0 Å². The second kappa shape index (κ2) is 5.25. The maximum absolute atomic E-state index is 5.79. The van der Waals surface area contributed by atoms with E-state index in [2.05, 4.69) is 16.9 Å². The number of rotatable bonds is 3. The highest BCUT2D eigenvalue weighted by molar-refractivity contribution is 5.05. The normalized spacial score (nSPS) is 25.4. The van der Waals surface area contributed by atoms with E-state index in [9.17, 15) is 0 Å². The van der Waals surface area contributed by atoms with E-state index in [-0.39, 0.29) is 6.10 Å². The minimum Gasteiger partial charge on any atom is -0.460 e. The fraction of sp³-hybridized carbons (Fsp3) is 0.667. The molecule has 1 aliphatic rings. The lowest BCUT2D eigenvalue weighted by atomic mass is 9.89. The first-order valence-electron chi connectivity index (χ1n) is 5.96. The molecule has 2 N–H and O–H groups in total. The largest absolute Gasteiger partial charge is 0.460 e. The molecule has 88 valence electrons. The molecule has 0 spiro atoms. The quantitative estimate of drug-likeness (QED) is 0.846. The lowest BCUT2D eigenvalue weighted by molar-refractivity contribution is 0.118. The van der Waals surface area contributed by atoms with Crippen LogP contribution in [0.5, 0.6) is 6.01 Å². The standard InChI is InChI=1S/C12H19N3O/c1-9-3-2-4-11(7-9)16-12-14-6-5-10(8-13)15-12/h5-6,9,11H,2-4,7-8,13H2,1H3. The molecule has 0 aromatic carbocycles. The van der Waals surface area contributed by atoms with Gasteiger partial charge in [0.05, 0.1) is 5.69 Å². The molecule has 0 saturated heterocycles. The number of hydrogen-bond acceptors (Lipinski definition) is 4. The Balaban J connectivity index is 1.97. The van der Waals surface area contributed by atoms with Gasteiger partial charge in [-0.3, -0.25) is 0 Å². The summed E-state index contributed by atoms with van der Waals surface area (Å²) in [6.07, 6.45) is 6.75. The fourth-order valence-corrected chi connectivity index (χ4v) is 2.18.